The van der Waals surface area contributed by atoms with Crippen molar-refractivity contribution in [2.75, 3.05) is 13.2 Å². The molecular weight excluding hydrogens is 422 g/mol. The second-order valence-electron chi connectivity index (χ2n) is 8.10. The first kappa shape index (κ1) is 22.4. The van der Waals surface area contributed by atoms with Crippen LogP contribution in [0.4, 0.5) is 0 Å². The van der Waals surface area contributed by atoms with E-state index in [1.54, 1.807) is 28.8 Å². The minimum absolute atomic E-state index is 0.0527. The molecule has 8 heteroatoms. The van der Waals surface area contributed by atoms with Crippen molar-refractivity contribution in [3.8, 4) is 0 Å². The molecule has 33 heavy (non-hydrogen) atoms. The van der Waals surface area contributed by atoms with Crippen molar-refractivity contribution in [3.05, 3.63) is 75.3 Å². The highest BCUT2D eigenvalue weighted by Crippen LogP contribution is 2.17. The molecule has 1 amide bonds. The maximum atomic E-state index is 12.5. The topological polar surface area (TPSA) is 107 Å². The van der Waals surface area contributed by atoms with Gasteiger partial charge in [-0.2, -0.15) is 0 Å². The largest absolute Gasteiger partial charge is 0.454 e. The average molecular weight is 447 g/mol. The molecule has 0 bridgehead atoms. The lowest BCUT2D eigenvalue weighted by atomic mass is 10.1. The van der Waals surface area contributed by atoms with E-state index in [1.165, 1.54) is 13.0 Å². The van der Waals surface area contributed by atoms with Gasteiger partial charge in [0.1, 0.15) is 5.82 Å². The lowest BCUT2D eigenvalue weighted by Gasteiger charge is -2.08. The van der Waals surface area contributed by atoms with Gasteiger partial charge in [-0.1, -0.05) is 24.3 Å². The summed E-state index contributed by atoms with van der Waals surface area (Å²) in [7, 11) is 0. The fraction of sp³-hybridized carbons (Fsp3) is 0.320. The number of aromatic nitrogens is 2. The number of nitrogens with one attached hydrogen (secondary N) is 1. The van der Waals surface area contributed by atoms with E-state index in [4.69, 9.17) is 4.74 Å². The molecule has 4 rings (SSSR count). The van der Waals surface area contributed by atoms with Crippen molar-refractivity contribution >= 4 is 28.6 Å². The van der Waals surface area contributed by atoms with Crippen molar-refractivity contribution in [1.29, 1.82) is 0 Å². The Morgan fingerprint density at radius 1 is 1.09 bits per heavy atom. The number of ketones is 1. The molecule has 0 atom stereocenters. The van der Waals surface area contributed by atoms with E-state index >= 15 is 0 Å². The monoisotopic (exact) mass is 447 g/mol. The van der Waals surface area contributed by atoms with Crippen molar-refractivity contribution in [2.45, 2.75) is 39.2 Å². The SMILES string of the molecule is CC(=O)NCCCc1ccc(C(=O)COC(=O)c2ccc3c(=O)n4c(nc3c2)CCC4)cc1. The summed E-state index contributed by atoms with van der Waals surface area (Å²) in [5.74, 6) is -0.264. The van der Waals surface area contributed by atoms with Crippen molar-refractivity contribution < 1.29 is 19.1 Å². The number of aryl methyl sites for hydroxylation is 2. The number of fused-ring (bicyclic) bond motifs is 2. The van der Waals surface area contributed by atoms with Crippen LogP contribution in [0.2, 0.25) is 0 Å². The number of nitrogens with zero attached hydrogens (tertiary/aromatic N) is 2. The van der Waals surface area contributed by atoms with Crippen molar-refractivity contribution in [3.63, 3.8) is 0 Å². The molecule has 0 radical (unpaired) electrons. The van der Waals surface area contributed by atoms with Gasteiger partial charge in [-0.25, -0.2) is 9.78 Å². The summed E-state index contributed by atoms with van der Waals surface area (Å²) >= 11 is 0. The molecule has 2 heterocycles. The zero-order valence-electron chi connectivity index (χ0n) is 18.4. The molecule has 1 N–H and O–H groups in total. The number of carbonyl (C=O) groups is 3. The summed E-state index contributed by atoms with van der Waals surface area (Å²) in [5.41, 5.74) is 2.13. The van der Waals surface area contributed by atoms with Gasteiger partial charge in [0, 0.05) is 32.0 Å². The lowest BCUT2D eigenvalue weighted by molar-refractivity contribution is -0.118. The third kappa shape index (κ3) is 5.16. The Labute approximate surface area is 190 Å². The standard InChI is InChI=1S/C25H25N3O5/c1-16(29)26-12-2-4-17-6-8-18(9-7-17)22(30)15-33-25(32)19-10-11-20-21(14-19)27-23-5-3-13-28(23)24(20)31/h6-11,14H,2-5,12-13,15H2,1H3,(H,26,29). The van der Waals surface area contributed by atoms with E-state index in [0.29, 0.717) is 29.6 Å². The zero-order chi connectivity index (χ0) is 23.4. The van der Waals surface area contributed by atoms with E-state index in [-0.39, 0.29) is 29.4 Å². The maximum Gasteiger partial charge on any atom is 0.338 e. The Bertz CT molecular complexity index is 1280. The molecule has 3 aromatic rings. The predicted molar refractivity (Wildman–Crippen MR) is 122 cm³/mol. The third-order valence-electron chi connectivity index (χ3n) is 5.68. The van der Waals surface area contributed by atoms with Gasteiger partial charge in [-0.3, -0.25) is 19.0 Å². The smallest absolute Gasteiger partial charge is 0.338 e. The number of rotatable bonds is 8. The first-order valence-electron chi connectivity index (χ1n) is 11.0. The number of ether oxygens (including phenoxy) is 1. The number of benzene rings is 2. The molecule has 0 saturated carbocycles. The predicted octanol–water partition coefficient (Wildman–Crippen LogP) is 2.45. The molecule has 2 aromatic carbocycles. The van der Waals surface area contributed by atoms with Crippen LogP contribution in [0.15, 0.2) is 47.3 Å². The molecule has 0 aliphatic carbocycles. The van der Waals surface area contributed by atoms with Crippen LogP contribution in [0, 0.1) is 0 Å². The summed E-state index contributed by atoms with van der Waals surface area (Å²) < 4.78 is 6.88. The van der Waals surface area contributed by atoms with Crippen LogP contribution in [0.3, 0.4) is 0 Å². The lowest BCUT2D eigenvalue weighted by Crippen LogP contribution is -2.21. The van der Waals surface area contributed by atoms with Gasteiger partial charge in [0.25, 0.3) is 5.56 Å². The number of hydrogen-bond acceptors (Lipinski definition) is 6. The molecule has 1 aliphatic heterocycles. The third-order valence-corrected chi connectivity index (χ3v) is 5.68. The zero-order valence-corrected chi connectivity index (χ0v) is 18.4. The first-order chi connectivity index (χ1) is 15.9. The molecule has 8 nitrogen and oxygen atoms in total. The molecular formula is C25H25N3O5. The Morgan fingerprint density at radius 2 is 1.85 bits per heavy atom. The van der Waals surface area contributed by atoms with Crippen molar-refractivity contribution in [1.82, 2.24) is 14.9 Å². The summed E-state index contributed by atoms with van der Waals surface area (Å²) in [6, 6.07) is 11.8. The molecule has 0 fully saturated rings. The van der Waals surface area contributed by atoms with Crippen LogP contribution in [-0.2, 0) is 28.9 Å². The first-order valence-corrected chi connectivity index (χ1v) is 11.0. The Hall–Kier alpha value is -3.81. The fourth-order valence-electron chi connectivity index (χ4n) is 3.92. The van der Waals surface area contributed by atoms with Crippen molar-refractivity contribution in [2.24, 2.45) is 0 Å². The highest BCUT2D eigenvalue weighted by Gasteiger charge is 2.18. The van der Waals surface area contributed by atoms with Crippen LogP contribution in [-0.4, -0.2) is 40.4 Å². The maximum absolute atomic E-state index is 12.5. The molecule has 0 saturated heterocycles. The van der Waals surface area contributed by atoms with E-state index < -0.39 is 5.97 Å². The Kier molecular flexibility index (Phi) is 6.63. The molecule has 1 aromatic heterocycles. The summed E-state index contributed by atoms with van der Waals surface area (Å²) in [5, 5.41) is 3.21. The number of esters is 1. The number of Topliss-reactive ketones (excluding diaryl/α,β-unsaturated/α-hetero) is 1. The number of hydrogen-bond donors (Lipinski definition) is 1. The van der Waals surface area contributed by atoms with E-state index in [9.17, 15) is 19.2 Å². The minimum atomic E-state index is -0.637. The summed E-state index contributed by atoms with van der Waals surface area (Å²) in [6.45, 7) is 2.38. The van der Waals surface area contributed by atoms with Gasteiger partial charge in [0.15, 0.2) is 12.4 Å². The van der Waals surface area contributed by atoms with Gasteiger partial charge < -0.3 is 10.1 Å². The van der Waals surface area contributed by atoms with E-state index in [0.717, 1.165) is 37.1 Å². The molecule has 1 aliphatic rings. The van der Waals surface area contributed by atoms with Crippen LogP contribution < -0.4 is 10.9 Å². The highest BCUT2D eigenvalue weighted by molar-refractivity contribution is 6.00. The van der Waals surface area contributed by atoms with Crippen LogP contribution in [0.1, 0.15) is 51.9 Å². The highest BCUT2D eigenvalue weighted by atomic mass is 16.5. The summed E-state index contributed by atoms with van der Waals surface area (Å²) in [4.78, 5) is 52.8. The average Bonchev–Trinajstić information content (AvgIpc) is 3.29. The van der Waals surface area contributed by atoms with Gasteiger partial charge >= 0.3 is 5.97 Å². The van der Waals surface area contributed by atoms with E-state index in [1.807, 2.05) is 12.1 Å². The molecule has 170 valence electrons. The van der Waals surface area contributed by atoms with Gasteiger partial charge in [-0.05, 0) is 43.0 Å². The molecule has 0 unspecified atom stereocenters. The van der Waals surface area contributed by atoms with Crippen LogP contribution in [0.5, 0.6) is 0 Å². The quantitative estimate of drug-likeness (QED) is 0.323. The number of carbonyl (C=O) groups excluding carboxylic acids is 3. The minimum Gasteiger partial charge on any atom is -0.454 e. The van der Waals surface area contributed by atoms with Gasteiger partial charge in [-0.15, -0.1) is 0 Å². The van der Waals surface area contributed by atoms with Gasteiger partial charge in [0.2, 0.25) is 5.91 Å². The number of amides is 1. The van der Waals surface area contributed by atoms with Gasteiger partial charge in [0.05, 0.1) is 16.5 Å². The normalized spacial score (nSPS) is 12.4. The van der Waals surface area contributed by atoms with E-state index in [2.05, 4.69) is 10.3 Å². The Balaban J connectivity index is 1.35. The molecule has 0 spiro atoms. The Morgan fingerprint density at radius 3 is 2.61 bits per heavy atom. The summed E-state index contributed by atoms with van der Waals surface area (Å²) in [6.07, 6.45) is 3.21. The second kappa shape index (κ2) is 9.77. The fourth-order valence-corrected chi connectivity index (χ4v) is 3.92. The van der Waals surface area contributed by atoms with Crippen LogP contribution in [0.25, 0.3) is 10.9 Å². The second-order valence-corrected chi connectivity index (χ2v) is 8.10. The van der Waals surface area contributed by atoms with Crippen LogP contribution >= 0.6 is 0 Å².